The molecular weight excluding hydrogens is 467 g/mol. The third kappa shape index (κ3) is 6.15. The number of anilines is 1. The summed E-state index contributed by atoms with van der Waals surface area (Å²) in [7, 11) is -3.24. The van der Waals surface area contributed by atoms with Crippen LogP contribution in [0.3, 0.4) is 0 Å². The molecule has 1 aliphatic heterocycles. The molecule has 0 amide bonds. The number of halogens is 3. The zero-order chi connectivity index (χ0) is 24.3. The van der Waals surface area contributed by atoms with Gasteiger partial charge in [-0.25, -0.2) is 8.42 Å². The maximum absolute atomic E-state index is 12.8. The van der Waals surface area contributed by atoms with Crippen molar-refractivity contribution < 1.29 is 21.6 Å². The first-order valence-electron chi connectivity index (χ1n) is 10.9. The Morgan fingerprint density at radius 3 is 2.38 bits per heavy atom. The quantitative estimate of drug-likeness (QED) is 0.542. The molecule has 0 radical (unpaired) electrons. The topological polar surface area (TPSA) is 80.1 Å². The molecule has 3 heterocycles. The van der Waals surface area contributed by atoms with Gasteiger partial charge in [0.1, 0.15) is 6.54 Å². The van der Waals surface area contributed by atoms with Crippen LogP contribution in [0.5, 0.6) is 0 Å². The van der Waals surface area contributed by atoms with Gasteiger partial charge in [0.15, 0.2) is 9.84 Å². The number of hydrogen-bond acceptors (Lipinski definition) is 6. The van der Waals surface area contributed by atoms with Crippen LogP contribution in [0.25, 0.3) is 0 Å². The number of benzene rings is 1. The van der Waals surface area contributed by atoms with Gasteiger partial charge in [-0.2, -0.15) is 18.3 Å². The smallest absolute Gasteiger partial charge is 0.371 e. The fourth-order valence-electron chi connectivity index (χ4n) is 4.17. The van der Waals surface area contributed by atoms with Crippen LogP contribution in [0.4, 0.5) is 18.9 Å². The lowest BCUT2D eigenvalue weighted by Gasteiger charge is -2.36. The second kappa shape index (κ2) is 9.75. The van der Waals surface area contributed by atoms with E-state index in [1.165, 1.54) is 18.6 Å². The largest absolute Gasteiger partial charge is 0.408 e. The van der Waals surface area contributed by atoms with E-state index in [0.717, 1.165) is 41.9 Å². The number of rotatable bonds is 7. The van der Waals surface area contributed by atoms with Crippen molar-refractivity contribution in [3.8, 4) is 0 Å². The predicted octanol–water partition coefficient (Wildman–Crippen LogP) is 3.59. The first-order valence-corrected chi connectivity index (χ1v) is 12.8. The number of pyridine rings is 1. The molecule has 4 rings (SSSR count). The molecule has 7 nitrogen and oxygen atoms in total. The molecule has 1 aliphatic rings. The van der Waals surface area contributed by atoms with Crippen LogP contribution in [0.15, 0.2) is 66.1 Å². The van der Waals surface area contributed by atoms with Gasteiger partial charge in [0.05, 0.1) is 17.1 Å². The minimum absolute atomic E-state index is 0.141. The molecule has 3 aromatic rings. The molecule has 182 valence electrons. The summed E-state index contributed by atoms with van der Waals surface area (Å²) in [6.07, 6.45) is 4.74. The van der Waals surface area contributed by atoms with Gasteiger partial charge in [0.25, 0.3) is 0 Å². The van der Waals surface area contributed by atoms with Crippen LogP contribution in [0.2, 0.25) is 0 Å². The summed E-state index contributed by atoms with van der Waals surface area (Å²) >= 11 is 0. The second-order valence-corrected chi connectivity index (χ2v) is 10.5. The first kappa shape index (κ1) is 24.2. The third-order valence-corrected chi connectivity index (χ3v) is 7.00. The number of nitrogens with one attached hydrogen (secondary N) is 1. The average molecular weight is 494 g/mol. The highest BCUT2D eigenvalue weighted by Crippen LogP contribution is 2.27. The molecule has 0 bridgehead atoms. The first-order chi connectivity index (χ1) is 16.1. The highest BCUT2D eigenvalue weighted by atomic mass is 32.2. The molecule has 0 spiro atoms. The van der Waals surface area contributed by atoms with Crippen LogP contribution < -0.4 is 10.2 Å². The van der Waals surface area contributed by atoms with Crippen molar-refractivity contribution in [3.05, 3.63) is 72.3 Å². The van der Waals surface area contributed by atoms with Crippen molar-refractivity contribution in [2.45, 2.75) is 42.5 Å². The molecule has 1 aromatic carbocycles. The summed E-state index contributed by atoms with van der Waals surface area (Å²) in [5.74, 6) is 0. The van der Waals surface area contributed by atoms with Crippen molar-refractivity contribution in [1.29, 1.82) is 0 Å². The molecule has 1 saturated heterocycles. The zero-order valence-corrected chi connectivity index (χ0v) is 19.4. The summed E-state index contributed by atoms with van der Waals surface area (Å²) in [5.41, 5.74) is 2.46. The highest BCUT2D eigenvalue weighted by Gasteiger charge is 2.30. The fourth-order valence-corrected chi connectivity index (χ4v) is 4.81. The van der Waals surface area contributed by atoms with Crippen molar-refractivity contribution in [2.75, 3.05) is 24.2 Å². The van der Waals surface area contributed by atoms with Crippen molar-refractivity contribution in [3.63, 3.8) is 0 Å². The van der Waals surface area contributed by atoms with Crippen molar-refractivity contribution in [2.24, 2.45) is 0 Å². The fraction of sp³-hybridized carbons (Fsp3) is 0.391. The van der Waals surface area contributed by atoms with Crippen LogP contribution in [0.1, 0.15) is 30.0 Å². The molecule has 0 aliphatic carbocycles. The molecule has 11 heteroatoms. The molecule has 0 saturated carbocycles. The van der Waals surface area contributed by atoms with E-state index in [0.29, 0.717) is 5.56 Å². The average Bonchev–Trinajstić information content (AvgIpc) is 3.24. The van der Waals surface area contributed by atoms with Crippen LogP contribution in [-0.2, 0) is 16.4 Å². The molecule has 1 N–H and O–H groups in total. The third-order valence-electron chi connectivity index (χ3n) is 5.87. The maximum atomic E-state index is 12.8. The summed E-state index contributed by atoms with van der Waals surface area (Å²) < 4.78 is 62.6. The number of hydrogen-bond donors (Lipinski definition) is 1. The Balaban J connectivity index is 1.44. The monoisotopic (exact) mass is 493 g/mol. The minimum Gasteiger partial charge on any atom is -0.371 e. The van der Waals surface area contributed by atoms with Crippen LogP contribution in [-0.4, -0.2) is 54.7 Å². The lowest BCUT2D eigenvalue weighted by Crippen LogP contribution is -2.44. The number of piperidine rings is 1. The lowest BCUT2D eigenvalue weighted by atomic mass is 9.98. The highest BCUT2D eigenvalue weighted by molar-refractivity contribution is 7.90. The molecule has 1 atom stereocenters. The molecule has 1 unspecified atom stereocenters. The molecule has 1 fully saturated rings. The standard InChI is InChI=1S/C23H26F3N5O2S/c1-34(32,33)21-6-4-20(5-7-21)30-11-8-19(9-12-30)29-22(17-3-2-10-27-13-17)18-14-28-31(15-18)16-23(24,25)26/h2-7,10,13-15,19,22,29H,8-9,11-12,16H2,1H3. The van der Waals surface area contributed by atoms with E-state index in [1.807, 2.05) is 18.2 Å². The summed E-state index contributed by atoms with van der Waals surface area (Å²) in [6, 6.07) is 10.4. The Kier molecular flexibility index (Phi) is 6.94. The summed E-state index contributed by atoms with van der Waals surface area (Å²) in [6.45, 7) is 0.398. The van der Waals surface area contributed by atoms with Gasteiger partial charge in [0.2, 0.25) is 0 Å². The Morgan fingerprint density at radius 2 is 1.79 bits per heavy atom. The van der Waals surface area contributed by atoms with Gasteiger partial charge >= 0.3 is 6.18 Å². The van der Waals surface area contributed by atoms with E-state index >= 15 is 0 Å². The number of sulfone groups is 1. The normalized spacial score (nSPS) is 16.5. The van der Waals surface area contributed by atoms with Crippen LogP contribution in [0, 0.1) is 0 Å². The Bertz CT molecular complexity index is 1190. The van der Waals surface area contributed by atoms with Crippen LogP contribution >= 0.6 is 0 Å². The van der Waals surface area contributed by atoms with E-state index in [4.69, 9.17) is 0 Å². The lowest BCUT2D eigenvalue weighted by molar-refractivity contribution is -0.142. The summed E-state index contributed by atoms with van der Waals surface area (Å²) in [5, 5.41) is 7.49. The van der Waals surface area contributed by atoms with E-state index < -0.39 is 22.6 Å². The SMILES string of the molecule is CS(=O)(=O)c1ccc(N2CCC(NC(c3cccnc3)c3cnn(CC(F)(F)F)c3)CC2)cc1. The maximum Gasteiger partial charge on any atom is 0.408 e. The Hall–Kier alpha value is -2.92. The second-order valence-electron chi connectivity index (χ2n) is 8.50. The number of aromatic nitrogens is 3. The number of nitrogens with zero attached hydrogens (tertiary/aromatic N) is 4. The van der Waals surface area contributed by atoms with Gasteiger partial charge in [0, 0.05) is 55.2 Å². The predicted molar refractivity (Wildman–Crippen MR) is 122 cm³/mol. The Labute approximate surface area is 196 Å². The van der Waals surface area contributed by atoms with Gasteiger partial charge in [-0.1, -0.05) is 6.07 Å². The van der Waals surface area contributed by atoms with E-state index in [2.05, 4.69) is 20.3 Å². The van der Waals surface area contributed by atoms with Crippen molar-refractivity contribution >= 4 is 15.5 Å². The van der Waals surface area contributed by atoms with E-state index in [9.17, 15) is 21.6 Å². The Morgan fingerprint density at radius 1 is 1.09 bits per heavy atom. The molecule has 34 heavy (non-hydrogen) atoms. The minimum atomic E-state index is -4.34. The zero-order valence-electron chi connectivity index (χ0n) is 18.6. The summed E-state index contributed by atoms with van der Waals surface area (Å²) in [4.78, 5) is 6.66. The van der Waals surface area contributed by atoms with Gasteiger partial charge < -0.3 is 10.2 Å². The van der Waals surface area contributed by atoms with Gasteiger partial charge in [-0.05, 0) is 48.7 Å². The molecular formula is C23H26F3N5O2S. The van der Waals surface area contributed by atoms with Gasteiger partial charge in [-0.3, -0.25) is 9.67 Å². The van der Waals surface area contributed by atoms with Crippen molar-refractivity contribution in [1.82, 2.24) is 20.1 Å². The van der Waals surface area contributed by atoms with E-state index in [-0.39, 0.29) is 17.0 Å². The van der Waals surface area contributed by atoms with Gasteiger partial charge in [-0.15, -0.1) is 0 Å². The van der Waals surface area contributed by atoms with E-state index in [1.54, 1.807) is 30.6 Å². The molecule has 2 aromatic heterocycles. The number of alkyl halides is 3.